The van der Waals surface area contributed by atoms with Gasteiger partial charge in [-0.2, -0.15) is 0 Å². The number of nitrogens with zero attached hydrogens (tertiary/aromatic N) is 5. The van der Waals surface area contributed by atoms with E-state index in [-0.39, 0.29) is 109 Å². The van der Waals surface area contributed by atoms with Gasteiger partial charge < -0.3 is 35.4 Å². The smallest absolute Gasteiger partial charge is 0.354 e. The number of aryl methyl sites for hydroxylation is 4. The minimum absolute atomic E-state index is 0. The molecule has 15 aromatic rings. The molecule has 580 valence electrons. The van der Waals surface area contributed by atoms with E-state index in [1.54, 1.807) is 43.5 Å². The molecule has 0 saturated heterocycles. The van der Waals surface area contributed by atoms with Crippen molar-refractivity contribution in [2.45, 2.75) is 61.5 Å². The number of carbonyl (C=O) groups is 2. The first kappa shape index (κ1) is 92.7. The average Bonchev–Trinajstić information content (AvgIpc) is 1.03. The van der Waals surface area contributed by atoms with E-state index in [2.05, 4.69) is 236 Å². The molecule has 0 fully saturated rings. The quantitative estimate of drug-likeness (QED) is 0.0550. The van der Waals surface area contributed by atoms with Crippen molar-refractivity contribution in [3.05, 3.63) is 391 Å². The normalized spacial score (nSPS) is 10.6. The van der Waals surface area contributed by atoms with Crippen LogP contribution in [0.5, 0.6) is 0 Å². The van der Waals surface area contributed by atoms with Crippen molar-refractivity contribution in [2.24, 2.45) is 0 Å². The molecule has 0 aliphatic heterocycles. The number of aliphatic hydroxyl groups excluding tert-OH is 3. The van der Waals surface area contributed by atoms with E-state index in [0.717, 1.165) is 62.5 Å². The second kappa shape index (κ2) is 47.5. The molecule has 17 heteroatoms. The maximum Gasteiger partial charge on any atom is 0.354 e. The Bertz CT molecular complexity index is 5470. The minimum atomic E-state index is -0.990. The van der Waals surface area contributed by atoms with Crippen LogP contribution in [0.4, 0.5) is 8.78 Å². The molecule has 1 atom stereocenters. The van der Waals surface area contributed by atoms with Crippen LogP contribution in [0, 0.1) is 63.6 Å². The number of aliphatic hydroxyl groups is 3. The molecular formula is C96H81F2Ir4N5O6-4. The first-order valence-corrected chi connectivity index (χ1v) is 35.0. The summed E-state index contributed by atoms with van der Waals surface area (Å²) in [5, 5.41) is 37.2. The van der Waals surface area contributed by atoms with Crippen LogP contribution in [0.1, 0.15) is 60.4 Å². The Kier molecular flexibility index (Phi) is 38.9. The van der Waals surface area contributed by atoms with Gasteiger partial charge in [0.05, 0.1) is 23.1 Å². The van der Waals surface area contributed by atoms with Gasteiger partial charge in [0.2, 0.25) is 0 Å². The number of fused-ring (bicyclic) bond motifs is 2. The predicted octanol–water partition coefficient (Wildman–Crippen LogP) is 23.3. The molecule has 5 heterocycles. The van der Waals surface area contributed by atoms with E-state index in [0.29, 0.717) is 5.69 Å². The van der Waals surface area contributed by atoms with Gasteiger partial charge in [-0.25, -0.2) is 9.78 Å². The van der Waals surface area contributed by atoms with Gasteiger partial charge in [0.25, 0.3) is 0 Å². The van der Waals surface area contributed by atoms with E-state index >= 15 is 0 Å². The SMILES string of the molecule is CC(=O)C=C(C)O.CC(O)=CC(C)O.Cc1[c-]c(-c2ccc3cc(C)c(C)cc3n2)cc(C)c1.Fc1c[c-]c(-c2ccccn2)c(F)c1.O=C(O)c1ccccn1.[Ir].[Ir].[Ir].[Ir].[c-]1ccc(-c2cccc(-c3cc(-c4ccccc4)cc(-c4ccccc4)c3)c2)cc1-c1ccccn1.[c-]1ccccc1-c1nccc2ccccc12. The number of aromatic nitrogens is 5. The Labute approximate surface area is 713 Å². The second-order valence-corrected chi connectivity index (χ2v) is 25.3. The predicted molar refractivity (Wildman–Crippen MR) is 436 cm³/mol. The fraction of sp³-hybridized carbons (Fsp3) is 0.0938. The molecule has 0 aliphatic rings. The molecule has 11 nitrogen and oxygen atoms in total. The zero-order valence-corrected chi connectivity index (χ0v) is 72.6. The summed E-state index contributed by atoms with van der Waals surface area (Å²) in [7, 11) is 0. The van der Waals surface area contributed by atoms with Gasteiger partial charge in [-0.05, 0) is 203 Å². The molecule has 4 radical (unpaired) electrons. The number of allylic oxidation sites excluding steroid dienone is 3. The Morgan fingerprint density at radius 1 is 0.434 bits per heavy atom. The molecule has 0 saturated carbocycles. The van der Waals surface area contributed by atoms with Crippen LogP contribution in [0.25, 0.3) is 111 Å². The van der Waals surface area contributed by atoms with Gasteiger partial charge in [0, 0.05) is 123 Å². The first-order chi connectivity index (χ1) is 52.6. The number of benzene rings is 10. The van der Waals surface area contributed by atoms with E-state index < -0.39 is 23.7 Å². The minimum Gasteiger partial charge on any atom is -0.513 e. The fourth-order valence-corrected chi connectivity index (χ4v) is 11.3. The number of rotatable bonds is 11. The first-order valence-electron chi connectivity index (χ1n) is 35.0. The van der Waals surface area contributed by atoms with Crippen LogP contribution in [-0.4, -0.2) is 63.2 Å². The number of carboxylic acids is 1. The summed E-state index contributed by atoms with van der Waals surface area (Å²) in [6, 6.07) is 104. The fourth-order valence-electron chi connectivity index (χ4n) is 11.3. The van der Waals surface area contributed by atoms with Crippen molar-refractivity contribution in [3.8, 4) is 89.5 Å². The average molecular weight is 2210 g/mol. The van der Waals surface area contributed by atoms with Crippen LogP contribution in [-0.2, 0) is 85.2 Å². The standard InChI is InChI=1S/C35H24N.C19H18N.C15H10N.C11H6F2N.C6H5NO2.C5H10O2.C5H8O2.4Ir/c1-3-11-26(12-4-1)32-23-33(27-13-5-2-6-14-27)25-34(24-32)30-17-9-15-28(21-30)29-16-10-18-31(22-29)35-19-7-8-20-36-35;1-12-7-13(2)9-17(8-12)18-6-5-16-10-14(3)15(4)11-19(16)20-18;1-2-7-13(8-3-1)15-14-9-5-4-6-12(14)10-11-16-15;12-8-4-5-9(10(13)7-8)11-3-1-2-6-14-11;8-6(9)5-3-1-2-4-7-5;2*1-4(6)3-5(2)7;;;;/h1-17,19-25H;5-8,10-11H,1-4H3;1-7,9-11H;1-4,6-7H;1-4H,(H,8,9);3-4,6-7H,1-2H3;3,6H,1-2H3;;;;/q4*-1;;;;;;;. The molecule has 0 amide bonds. The van der Waals surface area contributed by atoms with E-state index in [4.69, 9.17) is 25.4 Å². The molecule has 0 bridgehead atoms. The van der Waals surface area contributed by atoms with Crippen molar-refractivity contribution in [3.63, 3.8) is 0 Å². The van der Waals surface area contributed by atoms with E-state index in [1.165, 1.54) is 117 Å². The Balaban J connectivity index is 0.000000255. The third kappa shape index (κ3) is 29.3. The maximum atomic E-state index is 13.2. The van der Waals surface area contributed by atoms with E-state index in [9.17, 15) is 18.4 Å². The zero-order valence-electron chi connectivity index (χ0n) is 63.0. The topological polar surface area (TPSA) is 180 Å². The van der Waals surface area contributed by atoms with Gasteiger partial charge in [-0.3, -0.25) is 18.6 Å². The van der Waals surface area contributed by atoms with Crippen molar-refractivity contribution in [1.82, 2.24) is 24.9 Å². The summed E-state index contributed by atoms with van der Waals surface area (Å²) in [5.41, 5.74) is 22.4. The van der Waals surface area contributed by atoms with Crippen molar-refractivity contribution < 1.29 is 119 Å². The monoisotopic (exact) mass is 2210 g/mol. The Morgan fingerprint density at radius 2 is 0.982 bits per heavy atom. The number of pyridine rings is 5. The molecule has 113 heavy (non-hydrogen) atoms. The van der Waals surface area contributed by atoms with Crippen molar-refractivity contribution in [1.29, 1.82) is 0 Å². The molecule has 5 aromatic heterocycles. The number of ketones is 1. The number of hydrogen-bond donors (Lipinski definition) is 4. The molecular weight excluding hydrogens is 2130 g/mol. The maximum absolute atomic E-state index is 13.2. The number of hydrogen-bond acceptors (Lipinski definition) is 10. The van der Waals surface area contributed by atoms with Crippen LogP contribution in [0.2, 0.25) is 0 Å². The largest absolute Gasteiger partial charge is 0.513 e. The number of carboxylic acid groups (broad SMARTS) is 1. The summed E-state index contributed by atoms with van der Waals surface area (Å²) in [6.45, 7) is 14.4. The van der Waals surface area contributed by atoms with Gasteiger partial charge in [-0.1, -0.05) is 171 Å². The van der Waals surface area contributed by atoms with Crippen molar-refractivity contribution in [2.75, 3.05) is 0 Å². The molecule has 0 spiro atoms. The van der Waals surface area contributed by atoms with Gasteiger partial charge in [0.1, 0.15) is 5.69 Å². The van der Waals surface area contributed by atoms with E-state index in [1.807, 2.05) is 79.1 Å². The molecule has 1 unspecified atom stereocenters. The summed E-state index contributed by atoms with van der Waals surface area (Å²) >= 11 is 0. The molecule has 10 aromatic carbocycles. The molecule has 0 aliphatic carbocycles. The summed E-state index contributed by atoms with van der Waals surface area (Å²) in [6.07, 6.45) is 8.65. The summed E-state index contributed by atoms with van der Waals surface area (Å²) in [5.74, 6) is -2.18. The number of aromatic carboxylic acids is 1. The zero-order chi connectivity index (χ0) is 77.6. The third-order valence-electron chi connectivity index (χ3n) is 16.3. The Morgan fingerprint density at radius 3 is 1.51 bits per heavy atom. The Hall–Kier alpha value is -10.9. The second-order valence-electron chi connectivity index (χ2n) is 25.3. The molecule has 15 rings (SSSR count). The summed E-state index contributed by atoms with van der Waals surface area (Å²) in [4.78, 5) is 41.4. The van der Waals surface area contributed by atoms with Crippen LogP contribution in [0.15, 0.2) is 328 Å². The van der Waals surface area contributed by atoms with Crippen LogP contribution < -0.4 is 0 Å². The van der Waals surface area contributed by atoms with Crippen LogP contribution >= 0.6 is 0 Å². The van der Waals surface area contributed by atoms with Gasteiger partial charge in [-0.15, -0.1) is 118 Å². The van der Waals surface area contributed by atoms with Gasteiger partial charge in [0.15, 0.2) is 5.78 Å². The van der Waals surface area contributed by atoms with Gasteiger partial charge >= 0.3 is 5.97 Å². The van der Waals surface area contributed by atoms with Crippen molar-refractivity contribution >= 4 is 33.4 Å². The van der Waals surface area contributed by atoms with Crippen LogP contribution in [0.3, 0.4) is 0 Å². The number of halogens is 2. The molecule has 4 N–H and O–H groups in total. The summed E-state index contributed by atoms with van der Waals surface area (Å²) < 4.78 is 25.8. The third-order valence-corrected chi connectivity index (χ3v) is 16.3. The number of carbonyl (C=O) groups excluding carboxylic acids is 1.